The predicted octanol–water partition coefficient (Wildman–Crippen LogP) is 14.6. The zero-order valence-corrected chi connectivity index (χ0v) is 36.0. The van der Waals surface area contributed by atoms with Crippen LogP contribution in [0.25, 0.3) is 0 Å². The standard InChI is InChI=1S/C15H23N.C15H17N.C14H16N2.3C2H6/c2*1-12(2)15(13-8-4-3-5-9-13)14-10-6-7-11-16-14;1-11(2)14(12-7-3-5-9-15-12)13-8-4-6-10-16-13;3*1-2/h6-7,10-13,15H,3-5,8-9H2,1-2H3;3-12,15H,1-2H3;3-11,14H,1-2H3;3*1-2H3. The van der Waals surface area contributed by atoms with Crippen LogP contribution in [0.2, 0.25) is 0 Å². The van der Waals surface area contributed by atoms with Crippen LogP contribution in [0.1, 0.15) is 161 Å². The van der Waals surface area contributed by atoms with Gasteiger partial charge in [0, 0.05) is 65.3 Å². The summed E-state index contributed by atoms with van der Waals surface area (Å²) in [6.07, 6.45) is 14.6. The quantitative estimate of drug-likeness (QED) is 0.151. The van der Waals surface area contributed by atoms with Crippen LogP contribution >= 0.6 is 0 Å². The highest BCUT2D eigenvalue weighted by Crippen LogP contribution is 2.39. The smallest absolute Gasteiger partial charge is 0.0496 e. The molecule has 1 aliphatic carbocycles. The molecule has 0 N–H and O–H groups in total. The molecule has 4 nitrogen and oxygen atoms in total. The van der Waals surface area contributed by atoms with Gasteiger partial charge in [-0.1, -0.05) is 157 Å². The molecule has 1 aromatic carbocycles. The van der Waals surface area contributed by atoms with E-state index in [1.165, 1.54) is 43.4 Å². The predicted molar refractivity (Wildman–Crippen MR) is 235 cm³/mol. The van der Waals surface area contributed by atoms with E-state index in [-0.39, 0.29) is 5.92 Å². The SMILES string of the molecule is CC.CC.CC.CC(C)C(c1ccccc1)c1ccccn1.CC(C)C(c1ccccn1)C1CCCCC1.CC(C)C(c1ccccn1)c1ccccn1. The molecule has 0 aliphatic heterocycles. The minimum Gasteiger partial charge on any atom is -0.261 e. The van der Waals surface area contributed by atoms with E-state index in [1.54, 1.807) is 0 Å². The van der Waals surface area contributed by atoms with E-state index >= 15 is 0 Å². The van der Waals surface area contributed by atoms with Crippen molar-refractivity contribution >= 4 is 0 Å². The van der Waals surface area contributed by atoms with Gasteiger partial charge >= 0.3 is 0 Å². The molecule has 0 radical (unpaired) electrons. The topological polar surface area (TPSA) is 51.6 Å². The third-order valence-corrected chi connectivity index (χ3v) is 9.42. The number of rotatable bonds is 9. The molecule has 4 heteroatoms. The van der Waals surface area contributed by atoms with Crippen molar-refractivity contribution in [3.63, 3.8) is 0 Å². The first-order valence-corrected chi connectivity index (χ1v) is 21.0. The van der Waals surface area contributed by atoms with Crippen LogP contribution in [0.4, 0.5) is 0 Å². The molecule has 0 spiro atoms. The second-order valence-electron chi connectivity index (χ2n) is 14.0. The van der Waals surface area contributed by atoms with Gasteiger partial charge < -0.3 is 0 Å². The van der Waals surface area contributed by atoms with E-state index in [1.807, 2.05) is 103 Å². The van der Waals surface area contributed by atoms with E-state index in [4.69, 9.17) is 0 Å². The molecule has 0 amide bonds. The average molecular weight is 731 g/mol. The lowest BCUT2D eigenvalue weighted by molar-refractivity contribution is 0.256. The van der Waals surface area contributed by atoms with Crippen molar-refractivity contribution in [2.45, 2.75) is 133 Å². The lowest BCUT2D eigenvalue weighted by Crippen LogP contribution is -2.21. The van der Waals surface area contributed by atoms with E-state index < -0.39 is 0 Å². The Hall–Kier alpha value is -4.18. The summed E-state index contributed by atoms with van der Waals surface area (Å²) >= 11 is 0. The molecule has 294 valence electrons. The average Bonchev–Trinajstić information content (AvgIpc) is 3.23. The van der Waals surface area contributed by atoms with E-state index in [2.05, 4.69) is 128 Å². The molecule has 0 bridgehead atoms. The van der Waals surface area contributed by atoms with Crippen LogP contribution in [-0.4, -0.2) is 19.9 Å². The molecule has 1 fully saturated rings. The van der Waals surface area contributed by atoms with E-state index in [0.717, 1.165) is 23.0 Å². The molecule has 5 aromatic rings. The number of benzene rings is 1. The maximum atomic E-state index is 4.58. The third-order valence-electron chi connectivity index (χ3n) is 9.42. The van der Waals surface area contributed by atoms with Gasteiger partial charge in [-0.15, -0.1) is 0 Å². The molecular formula is C50H74N4. The monoisotopic (exact) mass is 731 g/mol. The second kappa shape index (κ2) is 29.2. The normalized spacial score (nSPS) is 13.3. The third kappa shape index (κ3) is 16.5. The summed E-state index contributed by atoms with van der Waals surface area (Å²) in [4.78, 5) is 17.9. The van der Waals surface area contributed by atoms with Gasteiger partial charge in [0.2, 0.25) is 0 Å². The van der Waals surface area contributed by atoms with Crippen molar-refractivity contribution in [2.24, 2.45) is 23.7 Å². The number of hydrogen-bond donors (Lipinski definition) is 0. The van der Waals surface area contributed by atoms with Crippen molar-refractivity contribution in [1.29, 1.82) is 0 Å². The summed E-state index contributed by atoms with van der Waals surface area (Å²) in [5, 5.41) is 0. The summed E-state index contributed by atoms with van der Waals surface area (Å²) in [7, 11) is 0. The first-order valence-electron chi connectivity index (χ1n) is 21.0. The van der Waals surface area contributed by atoms with Crippen molar-refractivity contribution in [3.8, 4) is 0 Å². The first-order chi connectivity index (χ1) is 26.4. The molecule has 4 aromatic heterocycles. The van der Waals surface area contributed by atoms with Crippen LogP contribution in [0.3, 0.4) is 0 Å². The molecule has 1 saturated carbocycles. The highest BCUT2D eigenvalue weighted by molar-refractivity contribution is 5.29. The maximum absolute atomic E-state index is 4.58. The summed E-state index contributed by atoms with van der Waals surface area (Å²) in [6, 6.07) is 35.2. The van der Waals surface area contributed by atoms with E-state index in [0.29, 0.717) is 29.6 Å². The summed E-state index contributed by atoms with van der Waals surface area (Å²) in [5.41, 5.74) is 6.00. The molecule has 2 atom stereocenters. The van der Waals surface area contributed by atoms with Crippen molar-refractivity contribution in [3.05, 3.63) is 156 Å². The molecule has 4 heterocycles. The fraction of sp³-hybridized carbons (Fsp3) is 0.480. The van der Waals surface area contributed by atoms with Crippen molar-refractivity contribution < 1.29 is 0 Å². The van der Waals surface area contributed by atoms with Gasteiger partial charge in [-0.25, -0.2) is 0 Å². The molecule has 1 aliphatic rings. The van der Waals surface area contributed by atoms with Gasteiger partial charge in [-0.2, -0.15) is 0 Å². The number of nitrogens with zero attached hydrogens (tertiary/aromatic N) is 4. The van der Waals surface area contributed by atoms with Crippen molar-refractivity contribution in [2.75, 3.05) is 0 Å². The maximum Gasteiger partial charge on any atom is 0.0496 e. The summed E-state index contributed by atoms with van der Waals surface area (Å²) < 4.78 is 0. The zero-order chi connectivity index (χ0) is 40.1. The Morgan fingerprint density at radius 3 is 1.07 bits per heavy atom. The van der Waals surface area contributed by atoms with Gasteiger partial charge in [0.1, 0.15) is 0 Å². The summed E-state index contributed by atoms with van der Waals surface area (Å²) in [5.74, 6) is 3.95. The highest BCUT2D eigenvalue weighted by atomic mass is 14.7. The summed E-state index contributed by atoms with van der Waals surface area (Å²) in [6.45, 7) is 25.6. The van der Waals surface area contributed by atoms with Gasteiger partial charge in [0.05, 0.1) is 0 Å². The molecule has 6 rings (SSSR count). The first kappa shape index (κ1) is 47.8. The van der Waals surface area contributed by atoms with Gasteiger partial charge in [-0.3, -0.25) is 19.9 Å². The van der Waals surface area contributed by atoms with E-state index in [9.17, 15) is 0 Å². The molecule has 0 saturated heterocycles. The van der Waals surface area contributed by atoms with Crippen LogP contribution in [0.5, 0.6) is 0 Å². The Bertz CT molecular complexity index is 1350. The lowest BCUT2D eigenvalue weighted by Gasteiger charge is -2.32. The molecular weight excluding hydrogens is 657 g/mol. The fourth-order valence-corrected chi connectivity index (χ4v) is 7.27. The Kier molecular flexibility index (Phi) is 25.9. The van der Waals surface area contributed by atoms with Crippen LogP contribution in [0, 0.1) is 23.7 Å². The Labute approximate surface area is 331 Å². The molecule has 54 heavy (non-hydrogen) atoms. The molecule has 2 unspecified atom stereocenters. The number of hydrogen-bond acceptors (Lipinski definition) is 4. The highest BCUT2D eigenvalue weighted by Gasteiger charge is 2.28. The fourth-order valence-electron chi connectivity index (χ4n) is 7.27. The zero-order valence-electron chi connectivity index (χ0n) is 36.0. The largest absolute Gasteiger partial charge is 0.261 e. The van der Waals surface area contributed by atoms with Gasteiger partial charge in [0.25, 0.3) is 0 Å². The Morgan fingerprint density at radius 2 is 0.741 bits per heavy atom. The van der Waals surface area contributed by atoms with Crippen LogP contribution in [-0.2, 0) is 0 Å². The Morgan fingerprint density at radius 1 is 0.389 bits per heavy atom. The van der Waals surface area contributed by atoms with Crippen LogP contribution < -0.4 is 0 Å². The lowest BCUT2D eigenvalue weighted by atomic mass is 9.73. The number of pyridine rings is 4. The van der Waals surface area contributed by atoms with Gasteiger partial charge in [-0.05, 0) is 90.6 Å². The minimum absolute atomic E-state index is 0.280. The second-order valence-corrected chi connectivity index (χ2v) is 14.0. The van der Waals surface area contributed by atoms with Crippen LogP contribution in [0.15, 0.2) is 128 Å². The number of aromatic nitrogens is 4. The minimum atomic E-state index is 0.280. The Balaban J connectivity index is 0.000000378. The van der Waals surface area contributed by atoms with Crippen molar-refractivity contribution in [1.82, 2.24) is 19.9 Å². The van der Waals surface area contributed by atoms with Gasteiger partial charge in [0.15, 0.2) is 0 Å².